The molecular formula is C15H14BrClO. The first-order valence-corrected chi connectivity index (χ1v) is 7.34. The molecule has 0 aromatic heterocycles. The van der Waals surface area contributed by atoms with Crippen LogP contribution < -0.4 is 4.74 Å². The summed E-state index contributed by atoms with van der Waals surface area (Å²) in [7, 11) is 0. The quantitative estimate of drug-likeness (QED) is 0.666. The van der Waals surface area contributed by atoms with Crippen molar-refractivity contribution in [3.05, 3.63) is 58.6 Å². The average molecular weight is 326 g/mol. The monoisotopic (exact) mass is 324 g/mol. The van der Waals surface area contributed by atoms with Gasteiger partial charge in [-0.15, -0.1) is 0 Å². The Morgan fingerprint density at radius 1 is 1.11 bits per heavy atom. The second-order valence-electron chi connectivity index (χ2n) is 3.96. The third-order valence-corrected chi connectivity index (χ3v) is 3.67. The maximum atomic E-state index is 6.21. The number of benzene rings is 2. The first kappa shape index (κ1) is 13.4. The summed E-state index contributed by atoms with van der Waals surface area (Å²) in [6.45, 7) is 2.11. The minimum absolute atomic E-state index is 0.637. The highest BCUT2D eigenvalue weighted by atomic mass is 79.9. The van der Waals surface area contributed by atoms with Crippen molar-refractivity contribution in [1.29, 1.82) is 0 Å². The van der Waals surface area contributed by atoms with Crippen LogP contribution in [0.2, 0.25) is 5.02 Å². The normalized spacial score (nSPS) is 10.4. The van der Waals surface area contributed by atoms with Gasteiger partial charge in [0.15, 0.2) is 0 Å². The Balaban J connectivity index is 2.28. The molecular weight excluding hydrogens is 312 g/mol. The highest BCUT2D eigenvalue weighted by Gasteiger charge is 2.06. The summed E-state index contributed by atoms with van der Waals surface area (Å²) in [5, 5.41) is 1.43. The number of ether oxygens (including phenoxy) is 1. The van der Waals surface area contributed by atoms with Gasteiger partial charge in [-0.3, -0.25) is 0 Å². The number of halogens is 2. The summed E-state index contributed by atoms with van der Waals surface area (Å²) in [5.41, 5.74) is 2.31. The molecule has 94 valence electrons. The fourth-order valence-corrected chi connectivity index (χ4v) is 2.31. The fourth-order valence-electron chi connectivity index (χ4n) is 1.72. The SMILES string of the molecule is CCc1ccccc1Oc1ccc(CBr)cc1Cl. The molecule has 0 unspecified atom stereocenters. The number of hydrogen-bond donors (Lipinski definition) is 0. The molecule has 0 radical (unpaired) electrons. The van der Waals surface area contributed by atoms with E-state index in [4.69, 9.17) is 16.3 Å². The van der Waals surface area contributed by atoms with Crippen molar-refractivity contribution >= 4 is 27.5 Å². The Morgan fingerprint density at radius 3 is 2.56 bits per heavy atom. The van der Waals surface area contributed by atoms with E-state index in [1.54, 1.807) is 0 Å². The second kappa shape index (κ2) is 6.26. The van der Waals surface area contributed by atoms with Gasteiger partial charge in [-0.1, -0.05) is 58.7 Å². The predicted octanol–water partition coefficient (Wildman–Crippen LogP) is 5.59. The Labute approximate surface area is 121 Å². The first-order chi connectivity index (χ1) is 8.74. The molecule has 0 aliphatic rings. The van der Waals surface area contributed by atoms with Crippen LogP contribution in [0.5, 0.6) is 11.5 Å². The Morgan fingerprint density at radius 2 is 1.89 bits per heavy atom. The van der Waals surface area contributed by atoms with Crippen molar-refractivity contribution in [3.8, 4) is 11.5 Å². The van der Waals surface area contributed by atoms with Crippen LogP contribution in [0.25, 0.3) is 0 Å². The van der Waals surface area contributed by atoms with Gasteiger partial charge in [0.2, 0.25) is 0 Å². The molecule has 2 aromatic carbocycles. The smallest absolute Gasteiger partial charge is 0.146 e. The van der Waals surface area contributed by atoms with Gasteiger partial charge < -0.3 is 4.74 Å². The number of aryl methyl sites for hydroxylation is 1. The fraction of sp³-hybridized carbons (Fsp3) is 0.200. The van der Waals surface area contributed by atoms with E-state index in [1.165, 1.54) is 5.56 Å². The molecule has 0 N–H and O–H groups in total. The van der Waals surface area contributed by atoms with E-state index in [9.17, 15) is 0 Å². The summed E-state index contributed by atoms with van der Waals surface area (Å²) in [5.74, 6) is 1.57. The van der Waals surface area contributed by atoms with E-state index in [0.717, 1.165) is 23.1 Å². The summed E-state index contributed by atoms with van der Waals surface area (Å²) in [6.07, 6.45) is 0.938. The molecule has 0 saturated heterocycles. The van der Waals surface area contributed by atoms with Crippen molar-refractivity contribution in [2.24, 2.45) is 0 Å². The average Bonchev–Trinajstić information content (AvgIpc) is 2.41. The molecule has 0 bridgehead atoms. The molecule has 18 heavy (non-hydrogen) atoms. The van der Waals surface area contributed by atoms with Crippen LogP contribution in [0, 0.1) is 0 Å². The molecule has 1 nitrogen and oxygen atoms in total. The van der Waals surface area contributed by atoms with E-state index >= 15 is 0 Å². The van der Waals surface area contributed by atoms with Gasteiger partial charge >= 0.3 is 0 Å². The third kappa shape index (κ3) is 3.06. The van der Waals surface area contributed by atoms with Gasteiger partial charge in [-0.25, -0.2) is 0 Å². The molecule has 0 heterocycles. The van der Waals surface area contributed by atoms with Crippen LogP contribution in [0.1, 0.15) is 18.1 Å². The van der Waals surface area contributed by atoms with Crippen LogP contribution in [-0.4, -0.2) is 0 Å². The number of hydrogen-bond acceptors (Lipinski definition) is 1. The summed E-state index contributed by atoms with van der Waals surface area (Å²) >= 11 is 9.61. The molecule has 0 aliphatic carbocycles. The lowest BCUT2D eigenvalue weighted by Gasteiger charge is -2.11. The first-order valence-electron chi connectivity index (χ1n) is 5.84. The highest BCUT2D eigenvalue weighted by Crippen LogP contribution is 2.32. The third-order valence-electron chi connectivity index (χ3n) is 2.72. The lowest BCUT2D eigenvalue weighted by atomic mass is 10.1. The van der Waals surface area contributed by atoms with Crippen LogP contribution in [-0.2, 0) is 11.8 Å². The number of alkyl halides is 1. The highest BCUT2D eigenvalue weighted by molar-refractivity contribution is 9.08. The predicted molar refractivity (Wildman–Crippen MR) is 80.0 cm³/mol. The molecule has 0 fully saturated rings. The number of para-hydroxylation sites is 1. The summed E-state index contributed by atoms with van der Waals surface area (Å²) in [4.78, 5) is 0. The minimum atomic E-state index is 0.637. The van der Waals surface area contributed by atoms with Crippen molar-refractivity contribution in [2.75, 3.05) is 0 Å². The van der Waals surface area contributed by atoms with Gasteiger partial charge in [0.05, 0.1) is 5.02 Å². The van der Waals surface area contributed by atoms with Crippen molar-refractivity contribution in [3.63, 3.8) is 0 Å². The van der Waals surface area contributed by atoms with Gasteiger partial charge in [0, 0.05) is 5.33 Å². The van der Waals surface area contributed by atoms with E-state index in [-0.39, 0.29) is 0 Å². The second-order valence-corrected chi connectivity index (χ2v) is 4.93. The van der Waals surface area contributed by atoms with E-state index in [2.05, 4.69) is 28.9 Å². The van der Waals surface area contributed by atoms with Gasteiger partial charge in [0.1, 0.15) is 11.5 Å². The molecule has 0 amide bonds. The summed E-state index contributed by atoms with van der Waals surface area (Å²) < 4.78 is 5.88. The summed E-state index contributed by atoms with van der Waals surface area (Å²) in [6, 6.07) is 13.8. The molecule has 2 aromatic rings. The zero-order chi connectivity index (χ0) is 13.0. The Bertz CT molecular complexity index is 540. The molecule has 0 saturated carbocycles. The number of rotatable bonds is 4. The topological polar surface area (TPSA) is 9.23 Å². The van der Waals surface area contributed by atoms with E-state index < -0.39 is 0 Å². The van der Waals surface area contributed by atoms with Gasteiger partial charge in [-0.2, -0.15) is 0 Å². The minimum Gasteiger partial charge on any atom is -0.456 e. The van der Waals surface area contributed by atoms with Crippen LogP contribution in [0.4, 0.5) is 0 Å². The van der Waals surface area contributed by atoms with Crippen molar-refractivity contribution < 1.29 is 4.74 Å². The molecule has 0 aliphatic heterocycles. The lowest BCUT2D eigenvalue weighted by Crippen LogP contribution is -1.91. The van der Waals surface area contributed by atoms with Crippen molar-refractivity contribution in [1.82, 2.24) is 0 Å². The molecule has 3 heteroatoms. The van der Waals surface area contributed by atoms with E-state index in [1.807, 2.05) is 36.4 Å². The maximum absolute atomic E-state index is 6.21. The van der Waals surface area contributed by atoms with Crippen LogP contribution in [0.15, 0.2) is 42.5 Å². The van der Waals surface area contributed by atoms with Gasteiger partial charge in [-0.05, 0) is 35.7 Å². The molecule has 2 rings (SSSR count). The largest absolute Gasteiger partial charge is 0.456 e. The van der Waals surface area contributed by atoms with Crippen LogP contribution in [0.3, 0.4) is 0 Å². The van der Waals surface area contributed by atoms with Gasteiger partial charge in [0.25, 0.3) is 0 Å². The zero-order valence-corrected chi connectivity index (χ0v) is 12.5. The molecule has 0 atom stereocenters. The molecule has 0 spiro atoms. The Hall–Kier alpha value is -0.990. The maximum Gasteiger partial charge on any atom is 0.146 e. The van der Waals surface area contributed by atoms with E-state index in [0.29, 0.717) is 10.8 Å². The zero-order valence-electron chi connectivity index (χ0n) is 10.1. The lowest BCUT2D eigenvalue weighted by molar-refractivity contribution is 0.477. The standard InChI is InChI=1S/C15H14BrClO/c1-2-12-5-3-4-6-14(12)18-15-8-7-11(10-16)9-13(15)17/h3-9H,2,10H2,1H3. The Kier molecular flexibility index (Phi) is 4.67. The van der Waals surface area contributed by atoms with Crippen molar-refractivity contribution in [2.45, 2.75) is 18.7 Å². The van der Waals surface area contributed by atoms with Crippen LogP contribution >= 0.6 is 27.5 Å².